The summed E-state index contributed by atoms with van der Waals surface area (Å²) in [4.78, 5) is 20.7. The lowest BCUT2D eigenvalue weighted by atomic mass is 10.2. The van der Waals surface area contributed by atoms with Gasteiger partial charge >= 0.3 is 0 Å². The molecule has 0 aliphatic heterocycles. The van der Waals surface area contributed by atoms with E-state index in [1.54, 1.807) is 28.4 Å². The van der Waals surface area contributed by atoms with Crippen LogP contribution in [0.15, 0.2) is 34.5 Å². The van der Waals surface area contributed by atoms with Crippen molar-refractivity contribution < 1.29 is 0 Å². The molecular formula is C15H18N6OS. The summed E-state index contributed by atoms with van der Waals surface area (Å²) in [6.45, 7) is 2.57. The molecule has 120 valence electrons. The fourth-order valence-corrected chi connectivity index (χ4v) is 2.59. The zero-order valence-corrected chi connectivity index (χ0v) is 14.1. The maximum absolute atomic E-state index is 11.7. The highest BCUT2D eigenvalue weighted by molar-refractivity contribution is 7.98. The lowest BCUT2D eigenvalue weighted by Crippen LogP contribution is -2.17. The summed E-state index contributed by atoms with van der Waals surface area (Å²) in [6, 6.07) is 3.52. The first-order valence-corrected chi connectivity index (χ1v) is 8.53. The SMILES string of the molecule is CCc1cnn2c(NCc3ccn(C)c(=O)c3)nc(SC)nc12. The lowest BCUT2D eigenvalue weighted by Gasteiger charge is -2.09. The summed E-state index contributed by atoms with van der Waals surface area (Å²) < 4.78 is 3.25. The minimum Gasteiger partial charge on any atom is -0.350 e. The molecule has 3 aromatic rings. The van der Waals surface area contributed by atoms with Gasteiger partial charge in [-0.2, -0.15) is 14.6 Å². The van der Waals surface area contributed by atoms with Crippen LogP contribution in [-0.2, 0) is 20.0 Å². The van der Waals surface area contributed by atoms with Gasteiger partial charge in [-0.1, -0.05) is 18.7 Å². The van der Waals surface area contributed by atoms with E-state index in [0.29, 0.717) is 17.6 Å². The van der Waals surface area contributed by atoms with E-state index in [4.69, 9.17) is 0 Å². The van der Waals surface area contributed by atoms with Gasteiger partial charge in [0.15, 0.2) is 10.8 Å². The molecule has 0 saturated heterocycles. The zero-order valence-electron chi connectivity index (χ0n) is 13.3. The number of pyridine rings is 1. The molecule has 0 fully saturated rings. The Morgan fingerprint density at radius 2 is 2.17 bits per heavy atom. The van der Waals surface area contributed by atoms with Gasteiger partial charge in [0.1, 0.15) is 0 Å². The van der Waals surface area contributed by atoms with Gasteiger partial charge in [-0.3, -0.25) is 4.79 Å². The van der Waals surface area contributed by atoms with E-state index in [2.05, 4.69) is 27.3 Å². The normalized spacial score (nSPS) is 11.1. The smallest absolute Gasteiger partial charge is 0.250 e. The Morgan fingerprint density at radius 1 is 1.35 bits per heavy atom. The number of thioether (sulfide) groups is 1. The summed E-state index contributed by atoms with van der Waals surface area (Å²) >= 11 is 1.49. The van der Waals surface area contributed by atoms with Gasteiger partial charge in [0.2, 0.25) is 5.95 Å². The third-order valence-corrected chi connectivity index (χ3v) is 4.15. The van der Waals surface area contributed by atoms with Crippen molar-refractivity contribution >= 4 is 23.4 Å². The molecule has 7 nitrogen and oxygen atoms in total. The Balaban J connectivity index is 1.93. The van der Waals surface area contributed by atoms with Crippen LogP contribution in [0.1, 0.15) is 18.1 Å². The van der Waals surface area contributed by atoms with Crippen molar-refractivity contribution in [1.82, 2.24) is 24.1 Å². The summed E-state index contributed by atoms with van der Waals surface area (Å²) in [6.07, 6.45) is 6.38. The molecular weight excluding hydrogens is 312 g/mol. The number of aryl methyl sites for hydroxylation is 2. The summed E-state index contributed by atoms with van der Waals surface area (Å²) in [5, 5.41) is 8.31. The van der Waals surface area contributed by atoms with E-state index in [-0.39, 0.29) is 5.56 Å². The fraction of sp³-hybridized carbons (Fsp3) is 0.333. The fourth-order valence-electron chi connectivity index (χ4n) is 2.24. The van der Waals surface area contributed by atoms with Crippen LogP contribution in [0, 0.1) is 0 Å². The first kappa shape index (κ1) is 15.5. The van der Waals surface area contributed by atoms with E-state index < -0.39 is 0 Å². The van der Waals surface area contributed by atoms with Gasteiger partial charge in [-0.15, -0.1) is 0 Å². The molecule has 0 bridgehead atoms. The molecule has 3 heterocycles. The zero-order chi connectivity index (χ0) is 16.4. The standard InChI is InChI=1S/C15H18N6OS/c1-4-11-9-17-21-13(11)18-15(23-3)19-14(21)16-8-10-5-6-20(2)12(22)7-10/h5-7,9H,4,8H2,1-3H3,(H,16,18,19). The van der Waals surface area contributed by atoms with Gasteiger partial charge in [-0.25, -0.2) is 4.98 Å². The van der Waals surface area contributed by atoms with E-state index >= 15 is 0 Å². The number of hydrogen-bond acceptors (Lipinski definition) is 6. The second-order valence-electron chi connectivity index (χ2n) is 5.13. The van der Waals surface area contributed by atoms with Crippen LogP contribution in [0.2, 0.25) is 0 Å². The van der Waals surface area contributed by atoms with Crippen LogP contribution in [0.3, 0.4) is 0 Å². The third kappa shape index (κ3) is 3.07. The molecule has 3 rings (SSSR count). The van der Waals surface area contributed by atoms with Crippen LogP contribution >= 0.6 is 11.8 Å². The molecule has 3 aromatic heterocycles. The highest BCUT2D eigenvalue weighted by atomic mass is 32.2. The van der Waals surface area contributed by atoms with Gasteiger partial charge in [0.05, 0.1) is 6.20 Å². The minimum absolute atomic E-state index is 0.0331. The second-order valence-corrected chi connectivity index (χ2v) is 5.90. The molecule has 23 heavy (non-hydrogen) atoms. The van der Waals surface area contributed by atoms with Gasteiger partial charge in [-0.05, 0) is 24.3 Å². The molecule has 0 unspecified atom stereocenters. The largest absolute Gasteiger partial charge is 0.350 e. The predicted octanol–water partition coefficient (Wildman–Crippen LogP) is 1.72. The van der Waals surface area contributed by atoms with Crippen LogP contribution in [0.25, 0.3) is 5.65 Å². The van der Waals surface area contributed by atoms with Crippen molar-refractivity contribution in [2.75, 3.05) is 11.6 Å². The number of aromatic nitrogens is 5. The average Bonchev–Trinajstić information content (AvgIpc) is 2.98. The molecule has 0 radical (unpaired) electrons. The number of hydrogen-bond donors (Lipinski definition) is 1. The molecule has 0 saturated carbocycles. The van der Waals surface area contributed by atoms with Gasteiger partial charge in [0, 0.05) is 31.4 Å². The van der Waals surface area contributed by atoms with Crippen LogP contribution in [-0.4, -0.2) is 30.4 Å². The maximum atomic E-state index is 11.7. The van der Waals surface area contributed by atoms with Crippen molar-refractivity contribution in [1.29, 1.82) is 0 Å². The number of nitrogens with zero attached hydrogens (tertiary/aromatic N) is 5. The highest BCUT2D eigenvalue weighted by Gasteiger charge is 2.11. The molecule has 0 aliphatic rings. The number of fused-ring (bicyclic) bond motifs is 1. The van der Waals surface area contributed by atoms with Crippen molar-refractivity contribution in [2.24, 2.45) is 7.05 Å². The first-order valence-electron chi connectivity index (χ1n) is 7.30. The Labute approximate surface area is 137 Å². The third-order valence-electron chi connectivity index (χ3n) is 3.60. The van der Waals surface area contributed by atoms with Crippen molar-refractivity contribution in [2.45, 2.75) is 25.0 Å². The minimum atomic E-state index is -0.0331. The van der Waals surface area contributed by atoms with E-state index in [9.17, 15) is 4.79 Å². The number of anilines is 1. The second kappa shape index (κ2) is 6.41. The summed E-state index contributed by atoms with van der Waals surface area (Å²) in [5.41, 5.74) is 2.76. The predicted molar refractivity (Wildman–Crippen MR) is 91.0 cm³/mol. The maximum Gasteiger partial charge on any atom is 0.250 e. The molecule has 0 aliphatic carbocycles. The summed E-state index contributed by atoms with van der Waals surface area (Å²) in [5.74, 6) is 0.625. The van der Waals surface area contributed by atoms with Gasteiger partial charge < -0.3 is 9.88 Å². The highest BCUT2D eigenvalue weighted by Crippen LogP contribution is 2.18. The van der Waals surface area contributed by atoms with E-state index in [0.717, 1.165) is 23.2 Å². The Morgan fingerprint density at radius 3 is 2.87 bits per heavy atom. The Kier molecular flexibility index (Phi) is 4.33. The molecule has 1 N–H and O–H groups in total. The molecule has 0 atom stereocenters. The Bertz CT molecular complexity index is 901. The van der Waals surface area contributed by atoms with E-state index in [1.807, 2.05) is 18.5 Å². The van der Waals surface area contributed by atoms with Crippen LogP contribution < -0.4 is 10.9 Å². The Hall–Kier alpha value is -2.35. The topological polar surface area (TPSA) is 77.1 Å². The number of nitrogens with one attached hydrogen (secondary N) is 1. The molecule has 8 heteroatoms. The quantitative estimate of drug-likeness (QED) is 0.718. The monoisotopic (exact) mass is 330 g/mol. The first-order chi connectivity index (χ1) is 11.1. The average molecular weight is 330 g/mol. The van der Waals surface area contributed by atoms with Crippen LogP contribution in [0.4, 0.5) is 5.95 Å². The molecule has 0 aromatic carbocycles. The van der Waals surface area contributed by atoms with E-state index in [1.165, 1.54) is 11.8 Å². The lowest BCUT2D eigenvalue weighted by molar-refractivity contribution is 0.823. The molecule has 0 spiro atoms. The van der Waals surface area contributed by atoms with Crippen molar-refractivity contribution in [3.05, 3.63) is 46.0 Å². The van der Waals surface area contributed by atoms with Crippen molar-refractivity contribution in [3.63, 3.8) is 0 Å². The van der Waals surface area contributed by atoms with Gasteiger partial charge in [0.25, 0.3) is 5.56 Å². The number of rotatable bonds is 5. The van der Waals surface area contributed by atoms with Crippen LogP contribution in [0.5, 0.6) is 0 Å². The summed E-state index contributed by atoms with van der Waals surface area (Å²) in [7, 11) is 1.73. The van der Waals surface area contributed by atoms with Crippen molar-refractivity contribution in [3.8, 4) is 0 Å². The molecule has 0 amide bonds.